The number of rotatable bonds is 7. The summed E-state index contributed by atoms with van der Waals surface area (Å²) in [4.78, 5) is 15.5. The number of nitriles is 1. The number of aromatic amines is 1. The minimum atomic E-state index is -0.466. The van der Waals surface area contributed by atoms with Gasteiger partial charge in [0.2, 0.25) is 0 Å². The number of hydrogen-bond donors (Lipinski definition) is 1. The van der Waals surface area contributed by atoms with E-state index in [1.807, 2.05) is 44.2 Å². The summed E-state index contributed by atoms with van der Waals surface area (Å²) < 4.78 is 16.6. The average molecular weight is 390 g/mol. The molecule has 0 saturated heterocycles. The van der Waals surface area contributed by atoms with Gasteiger partial charge in [0, 0.05) is 22.4 Å². The van der Waals surface area contributed by atoms with Crippen molar-refractivity contribution in [2.75, 3.05) is 20.3 Å². The van der Waals surface area contributed by atoms with Crippen molar-refractivity contribution in [3.63, 3.8) is 0 Å². The molecule has 0 radical (unpaired) electrons. The first kappa shape index (κ1) is 20.0. The van der Waals surface area contributed by atoms with Gasteiger partial charge in [0.25, 0.3) is 5.56 Å². The van der Waals surface area contributed by atoms with Crippen LogP contribution in [-0.4, -0.2) is 25.3 Å². The molecule has 0 aliphatic carbocycles. The highest BCUT2D eigenvalue weighted by Crippen LogP contribution is 2.36. The Labute approximate surface area is 169 Å². The van der Waals surface area contributed by atoms with E-state index in [9.17, 15) is 10.1 Å². The highest BCUT2D eigenvalue weighted by atomic mass is 16.5. The van der Waals surface area contributed by atoms with Crippen LogP contribution in [0.1, 0.15) is 19.4 Å². The van der Waals surface area contributed by atoms with Crippen molar-refractivity contribution in [3.05, 3.63) is 64.4 Å². The molecule has 0 bridgehead atoms. The van der Waals surface area contributed by atoms with E-state index in [1.165, 1.54) is 0 Å². The summed E-state index contributed by atoms with van der Waals surface area (Å²) in [5.41, 5.74) is 2.01. The highest BCUT2D eigenvalue weighted by Gasteiger charge is 2.17. The zero-order valence-corrected chi connectivity index (χ0v) is 16.6. The van der Waals surface area contributed by atoms with Gasteiger partial charge in [-0.05, 0) is 50.2 Å². The van der Waals surface area contributed by atoms with Crippen molar-refractivity contribution in [3.8, 4) is 45.7 Å². The number of H-pyrrole nitrogens is 1. The lowest BCUT2D eigenvalue weighted by Crippen LogP contribution is -2.13. The lowest BCUT2D eigenvalue weighted by Gasteiger charge is -2.15. The molecule has 0 aliphatic heterocycles. The fourth-order valence-corrected chi connectivity index (χ4v) is 3.09. The van der Waals surface area contributed by atoms with Crippen LogP contribution in [0.15, 0.2) is 53.3 Å². The molecule has 0 saturated carbocycles. The van der Waals surface area contributed by atoms with Gasteiger partial charge in [-0.15, -0.1) is 0 Å². The summed E-state index contributed by atoms with van der Waals surface area (Å²) in [6, 6.07) is 16.5. The van der Waals surface area contributed by atoms with Crippen molar-refractivity contribution in [1.29, 1.82) is 5.26 Å². The van der Waals surface area contributed by atoms with Crippen molar-refractivity contribution in [1.82, 2.24) is 4.98 Å². The number of aromatic nitrogens is 1. The first-order valence-electron chi connectivity index (χ1n) is 9.33. The molecule has 29 heavy (non-hydrogen) atoms. The second kappa shape index (κ2) is 8.98. The van der Waals surface area contributed by atoms with Crippen molar-refractivity contribution in [2.24, 2.45) is 0 Å². The van der Waals surface area contributed by atoms with Crippen molar-refractivity contribution >= 4 is 0 Å². The fourth-order valence-electron chi connectivity index (χ4n) is 3.09. The van der Waals surface area contributed by atoms with Gasteiger partial charge in [-0.1, -0.05) is 12.1 Å². The van der Waals surface area contributed by atoms with Crippen LogP contribution in [0.5, 0.6) is 17.2 Å². The second-order valence-corrected chi connectivity index (χ2v) is 6.17. The molecule has 1 heterocycles. The van der Waals surface area contributed by atoms with Crippen LogP contribution in [0, 0.1) is 11.3 Å². The minimum Gasteiger partial charge on any atom is -0.497 e. The second-order valence-electron chi connectivity index (χ2n) is 6.17. The Kier molecular flexibility index (Phi) is 6.20. The topological polar surface area (TPSA) is 84.3 Å². The van der Waals surface area contributed by atoms with E-state index in [0.717, 1.165) is 5.56 Å². The van der Waals surface area contributed by atoms with Crippen molar-refractivity contribution in [2.45, 2.75) is 13.8 Å². The van der Waals surface area contributed by atoms with Gasteiger partial charge in [0.1, 0.15) is 28.9 Å². The van der Waals surface area contributed by atoms with E-state index in [-0.39, 0.29) is 5.56 Å². The lowest BCUT2D eigenvalue weighted by atomic mass is 9.98. The van der Waals surface area contributed by atoms with Gasteiger partial charge in [-0.25, -0.2) is 0 Å². The van der Waals surface area contributed by atoms with Gasteiger partial charge < -0.3 is 19.2 Å². The molecule has 0 unspecified atom stereocenters. The Morgan fingerprint density at radius 2 is 1.76 bits per heavy atom. The maximum absolute atomic E-state index is 12.7. The maximum Gasteiger partial charge on any atom is 0.266 e. The Morgan fingerprint density at radius 1 is 0.966 bits per heavy atom. The number of benzene rings is 2. The summed E-state index contributed by atoms with van der Waals surface area (Å²) in [5.74, 6) is 1.88. The molecule has 6 heteroatoms. The van der Waals surface area contributed by atoms with Gasteiger partial charge in [-0.3, -0.25) is 4.79 Å². The molecule has 2 aromatic carbocycles. The molecule has 0 aliphatic rings. The zero-order valence-electron chi connectivity index (χ0n) is 16.6. The predicted molar refractivity (Wildman–Crippen MR) is 112 cm³/mol. The van der Waals surface area contributed by atoms with E-state index >= 15 is 0 Å². The van der Waals surface area contributed by atoms with Crippen LogP contribution < -0.4 is 19.8 Å². The fraction of sp³-hybridized carbons (Fsp3) is 0.217. The Morgan fingerprint density at radius 3 is 2.45 bits per heavy atom. The third-order valence-corrected chi connectivity index (χ3v) is 4.38. The third kappa shape index (κ3) is 4.25. The summed E-state index contributed by atoms with van der Waals surface area (Å²) in [5, 5.41) is 9.64. The van der Waals surface area contributed by atoms with Crippen LogP contribution in [0.25, 0.3) is 22.4 Å². The molecule has 0 atom stereocenters. The van der Waals surface area contributed by atoms with Gasteiger partial charge in [0.05, 0.1) is 20.3 Å². The quantitative estimate of drug-likeness (QED) is 0.647. The molecule has 148 valence electrons. The molecule has 1 N–H and O–H groups in total. The Balaban J connectivity index is 2.26. The molecule has 0 fully saturated rings. The minimum absolute atomic E-state index is 0.0197. The SMILES string of the molecule is CCOc1ccc(OCC)c(-c2cc(-c3cccc(OC)c3)[nH]c(=O)c2C#N)c1. The summed E-state index contributed by atoms with van der Waals surface area (Å²) >= 11 is 0. The number of pyridine rings is 1. The maximum atomic E-state index is 12.7. The van der Waals surface area contributed by atoms with Crippen molar-refractivity contribution < 1.29 is 14.2 Å². The van der Waals surface area contributed by atoms with Crippen LogP contribution in [0.3, 0.4) is 0 Å². The third-order valence-electron chi connectivity index (χ3n) is 4.38. The van der Waals surface area contributed by atoms with Crippen LogP contribution >= 0.6 is 0 Å². The molecule has 0 spiro atoms. The number of nitrogens with one attached hydrogen (secondary N) is 1. The Hall–Kier alpha value is -3.72. The monoisotopic (exact) mass is 390 g/mol. The molecule has 0 amide bonds. The summed E-state index contributed by atoms with van der Waals surface area (Å²) in [6.45, 7) is 4.73. The van der Waals surface area contributed by atoms with E-state index in [0.29, 0.717) is 47.3 Å². The molecular weight excluding hydrogens is 368 g/mol. The first-order valence-corrected chi connectivity index (χ1v) is 9.33. The van der Waals surface area contributed by atoms with Gasteiger partial charge >= 0.3 is 0 Å². The van der Waals surface area contributed by atoms with E-state index < -0.39 is 5.56 Å². The zero-order chi connectivity index (χ0) is 20.8. The smallest absolute Gasteiger partial charge is 0.266 e. The molecule has 1 aromatic heterocycles. The van der Waals surface area contributed by atoms with Gasteiger partial charge in [0.15, 0.2) is 0 Å². The molecule has 3 aromatic rings. The normalized spacial score (nSPS) is 10.3. The largest absolute Gasteiger partial charge is 0.497 e. The van der Waals surface area contributed by atoms with Crippen LogP contribution in [0.2, 0.25) is 0 Å². The average Bonchev–Trinajstić information content (AvgIpc) is 2.74. The predicted octanol–water partition coefficient (Wildman–Crippen LogP) is 4.39. The number of hydrogen-bond acceptors (Lipinski definition) is 5. The summed E-state index contributed by atoms with van der Waals surface area (Å²) in [7, 11) is 1.58. The lowest BCUT2D eigenvalue weighted by molar-refractivity contribution is 0.331. The number of ether oxygens (including phenoxy) is 3. The van der Waals surface area contributed by atoms with Crippen LogP contribution in [-0.2, 0) is 0 Å². The Bertz CT molecular complexity index is 1110. The molecular formula is C23H22N2O4. The molecule has 6 nitrogen and oxygen atoms in total. The molecule has 3 rings (SSSR count). The highest BCUT2D eigenvalue weighted by molar-refractivity contribution is 5.80. The van der Waals surface area contributed by atoms with E-state index in [4.69, 9.17) is 14.2 Å². The van der Waals surface area contributed by atoms with E-state index in [1.54, 1.807) is 31.4 Å². The standard InChI is InChI=1S/C23H22N2O4/c1-4-28-17-9-10-22(29-5-2)19(12-17)18-13-21(25-23(26)20(18)14-24)15-7-6-8-16(11-15)27-3/h6-13H,4-5H2,1-3H3,(H,25,26). The number of nitrogens with zero attached hydrogens (tertiary/aromatic N) is 1. The van der Waals surface area contributed by atoms with E-state index in [2.05, 4.69) is 4.98 Å². The van der Waals surface area contributed by atoms with Crippen LogP contribution in [0.4, 0.5) is 0 Å². The first-order chi connectivity index (χ1) is 14.1. The van der Waals surface area contributed by atoms with Gasteiger partial charge in [-0.2, -0.15) is 5.26 Å². The number of methoxy groups -OCH3 is 1. The summed E-state index contributed by atoms with van der Waals surface area (Å²) in [6.07, 6.45) is 0.